The Hall–Kier alpha value is -1.84. The molecule has 1 rings (SSSR count). The molecule has 4 heteroatoms. The maximum absolute atomic E-state index is 11.8. The van der Waals surface area contributed by atoms with Gasteiger partial charge in [-0.1, -0.05) is 11.6 Å². The molecule has 86 valence electrons. The second-order valence-electron chi connectivity index (χ2n) is 3.38. The monoisotopic (exact) mass is 222 g/mol. The number of benzene rings is 1. The second-order valence-corrected chi connectivity index (χ2v) is 3.38. The van der Waals surface area contributed by atoms with Gasteiger partial charge in [-0.3, -0.25) is 9.59 Å². The highest BCUT2D eigenvalue weighted by Crippen LogP contribution is 2.21. The van der Waals surface area contributed by atoms with E-state index in [0.717, 1.165) is 5.56 Å². The predicted molar refractivity (Wildman–Crippen MR) is 58.7 cm³/mol. The largest absolute Gasteiger partial charge is 0.496 e. The minimum absolute atomic E-state index is 0.268. The summed E-state index contributed by atoms with van der Waals surface area (Å²) >= 11 is 0. The molecule has 0 spiro atoms. The van der Waals surface area contributed by atoms with Gasteiger partial charge in [0.15, 0.2) is 5.78 Å². The summed E-state index contributed by atoms with van der Waals surface area (Å²) in [5.41, 5.74) is 1.35. The van der Waals surface area contributed by atoms with Gasteiger partial charge >= 0.3 is 5.97 Å². The molecule has 0 unspecified atom stereocenters. The van der Waals surface area contributed by atoms with Crippen molar-refractivity contribution in [2.45, 2.75) is 13.3 Å². The number of Topliss-reactive ketones (excluding diaryl/α,β-unsaturated/α-hetero) is 1. The summed E-state index contributed by atoms with van der Waals surface area (Å²) in [7, 11) is 2.74. The van der Waals surface area contributed by atoms with Gasteiger partial charge in [-0.25, -0.2) is 0 Å². The Morgan fingerprint density at radius 1 is 1.25 bits per heavy atom. The van der Waals surface area contributed by atoms with Crippen LogP contribution in [-0.4, -0.2) is 26.0 Å². The van der Waals surface area contributed by atoms with Gasteiger partial charge < -0.3 is 9.47 Å². The highest BCUT2D eigenvalue weighted by molar-refractivity contribution is 6.07. The van der Waals surface area contributed by atoms with Crippen LogP contribution in [0.25, 0.3) is 0 Å². The molecule has 0 amide bonds. The van der Waals surface area contributed by atoms with Crippen LogP contribution in [0.15, 0.2) is 18.2 Å². The molecule has 0 radical (unpaired) electrons. The lowest BCUT2D eigenvalue weighted by atomic mass is 10.0. The third-order valence-electron chi connectivity index (χ3n) is 2.19. The van der Waals surface area contributed by atoms with Crippen LogP contribution in [0.2, 0.25) is 0 Å². The molecule has 0 aromatic heterocycles. The van der Waals surface area contributed by atoms with Crippen LogP contribution >= 0.6 is 0 Å². The summed E-state index contributed by atoms with van der Waals surface area (Å²) < 4.78 is 9.51. The zero-order chi connectivity index (χ0) is 12.1. The molecule has 0 saturated carbocycles. The number of hydrogen-bond donors (Lipinski definition) is 0. The Kier molecular flexibility index (Phi) is 4.05. The maximum atomic E-state index is 11.8. The van der Waals surface area contributed by atoms with Gasteiger partial charge in [-0.05, 0) is 19.1 Å². The summed E-state index contributed by atoms with van der Waals surface area (Å²) in [5, 5.41) is 0. The lowest BCUT2D eigenvalue weighted by Crippen LogP contribution is -2.10. The Bertz CT molecular complexity index is 409. The fraction of sp³-hybridized carbons (Fsp3) is 0.333. The molecule has 0 fully saturated rings. The number of ketones is 1. The minimum Gasteiger partial charge on any atom is -0.496 e. The van der Waals surface area contributed by atoms with Crippen molar-refractivity contribution in [2.75, 3.05) is 14.2 Å². The number of carbonyl (C=O) groups excluding carboxylic acids is 2. The molecule has 0 bridgehead atoms. The Labute approximate surface area is 94.2 Å². The Balaban J connectivity index is 2.97. The summed E-state index contributed by atoms with van der Waals surface area (Å²) in [6.45, 7) is 1.87. The molecular formula is C12H14O4. The first kappa shape index (κ1) is 12.2. The zero-order valence-corrected chi connectivity index (χ0v) is 9.57. The number of rotatable bonds is 4. The van der Waals surface area contributed by atoms with Gasteiger partial charge in [-0.15, -0.1) is 0 Å². The fourth-order valence-corrected chi connectivity index (χ4v) is 1.34. The fourth-order valence-electron chi connectivity index (χ4n) is 1.34. The normalized spacial score (nSPS) is 9.69. The van der Waals surface area contributed by atoms with E-state index in [9.17, 15) is 9.59 Å². The molecule has 0 atom stereocenters. The maximum Gasteiger partial charge on any atom is 0.313 e. The number of carbonyl (C=O) groups is 2. The van der Waals surface area contributed by atoms with Gasteiger partial charge in [0.2, 0.25) is 0 Å². The van der Waals surface area contributed by atoms with Gasteiger partial charge in [-0.2, -0.15) is 0 Å². The molecule has 1 aromatic carbocycles. The first-order valence-electron chi connectivity index (χ1n) is 4.83. The Morgan fingerprint density at radius 2 is 1.94 bits per heavy atom. The molecule has 1 aromatic rings. The van der Waals surface area contributed by atoms with Gasteiger partial charge in [0.05, 0.1) is 19.8 Å². The number of aryl methyl sites for hydroxylation is 1. The van der Waals surface area contributed by atoms with Gasteiger partial charge in [0.1, 0.15) is 12.2 Å². The topological polar surface area (TPSA) is 52.6 Å². The number of ether oxygens (including phenoxy) is 2. The third-order valence-corrected chi connectivity index (χ3v) is 2.19. The van der Waals surface area contributed by atoms with Crippen molar-refractivity contribution in [3.63, 3.8) is 0 Å². The van der Waals surface area contributed by atoms with Crippen LogP contribution in [-0.2, 0) is 9.53 Å². The summed E-state index contributed by atoms with van der Waals surface area (Å²) in [6.07, 6.45) is -0.268. The van der Waals surface area contributed by atoms with E-state index in [-0.39, 0.29) is 12.2 Å². The van der Waals surface area contributed by atoms with Crippen molar-refractivity contribution in [1.29, 1.82) is 0 Å². The molecule has 4 nitrogen and oxygen atoms in total. The molecule has 0 aliphatic rings. The molecule has 0 N–H and O–H groups in total. The lowest BCUT2D eigenvalue weighted by molar-refractivity contribution is -0.139. The van der Waals surface area contributed by atoms with Crippen LogP contribution in [0.3, 0.4) is 0 Å². The zero-order valence-electron chi connectivity index (χ0n) is 9.57. The van der Waals surface area contributed by atoms with E-state index in [1.54, 1.807) is 12.1 Å². The van der Waals surface area contributed by atoms with Crippen molar-refractivity contribution < 1.29 is 19.1 Å². The summed E-state index contributed by atoms with van der Waals surface area (Å²) in [6, 6.07) is 5.25. The number of esters is 1. The first-order valence-corrected chi connectivity index (χ1v) is 4.83. The molecule has 0 heterocycles. The molecule has 16 heavy (non-hydrogen) atoms. The van der Waals surface area contributed by atoms with Gasteiger partial charge in [0, 0.05) is 0 Å². The van der Waals surface area contributed by atoms with Crippen LogP contribution in [0.4, 0.5) is 0 Å². The van der Waals surface area contributed by atoms with Gasteiger partial charge in [0.25, 0.3) is 0 Å². The second kappa shape index (κ2) is 5.30. The van der Waals surface area contributed by atoms with Crippen molar-refractivity contribution in [3.05, 3.63) is 29.3 Å². The van der Waals surface area contributed by atoms with E-state index in [4.69, 9.17) is 4.74 Å². The predicted octanol–water partition coefficient (Wildman–Crippen LogP) is 1.75. The molecule has 0 aliphatic heterocycles. The highest BCUT2D eigenvalue weighted by atomic mass is 16.5. The van der Waals surface area contributed by atoms with E-state index in [2.05, 4.69) is 4.74 Å². The van der Waals surface area contributed by atoms with Crippen molar-refractivity contribution in [3.8, 4) is 5.75 Å². The van der Waals surface area contributed by atoms with E-state index in [1.165, 1.54) is 14.2 Å². The minimum atomic E-state index is -0.548. The van der Waals surface area contributed by atoms with Crippen LogP contribution in [0.1, 0.15) is 22.3 Å². The van der Waals surface area contributed by atoms with E-state index < -0.39 is 5.97 Å². The average Bonchev–Trinajstić information content (AvgIpc) is 2.28. The van der Waals surface area contributed by atoms with Crippen molar-refractivity contribution in [2.24, 2.45) is 0 Å². The van der Waals surface area contributed by atoms with E-state index in [1.807, 2.05) is 13.0 Å². The average molecular weight is 222 g/mol. The van der Waals surface area contributed by atoms with Crippen molar-refractivity contribution >= 4 is 11.8 Å². The van der Waals surface area contributed by atoms with Crippen LogP contribution < -0.4 is 4.74 Å². The van der Waals surface area contributed by atoms with Crippen LogP contribution in [0, 0.1) is 6.92 Å². The molecular weight excluding hydrogens is 208 g/mol. The van der Waals surface area contributed by atoms with E-state index >= 15 is 0 Å². The van der Waals surface area contributed by atoms with E-state index in [0.29, 0.717) is 11.3 Å². The molecule has 0 saturated heterocycles. The number of hydrogen-bond acceptors (Lipinski definition) is 4. The van der Waals surface area contributed by atoms with Crippen molar-refractivity contribution in [1.82, 2.24) is 0 Å². The quantitative estimate of drug-likeness (QED) is 0.442. The first-order chi connectivity index (χ1) is 7.58. The smallest absolute Gasteiger partial charge is 0.313 e. The lowest BCUT2D eigenvalue weighted by Gasteiger charge is -2.07. The SMILES string of the molecule is COC(=O)CC(=O)c1cc(C)ccc1OC. The highest BCUT2D eigenvalue weighted by Gasteiger charge is 2.16. The Morgan fingerprint density at radius 3 is 2.50 bits per heavy atom. The number of methoxy groups -OCH3 is 2. The van der Waals surface area contributed by atoms with Crippen LogP contribution in [0.5, 0.6) is 5.75 Å². The summed E-state index contributed by atoms with van der Waals surface area (Å²) in [5.74, 6) is -0.375. The summed E-state index contributed by atoms with van der Waals surface area (Å²) in [4.78, 5) is 22.8. The third kappa shape index (κ3) is 2.82. The molecule has 0 aliphatic carbocycles. The standard InChI is InChI=1S/C12H14O4/c1-8-4-5-11(15-2)9(6-8)10(13)7-12(14)16-3/h4-6H,7H2,1-3H3.